The number of anilines is 6. The van der Waals surface area contributed by atoms with Crippen LogP contribution < -0.4 is 63.1 Å². The number of methoxy groups -OCH3 is 7. The van der Waals surface area contributed by atoms with Gasteiger partial charge in [-0.2, -0.15) is 28.5 Å². The lowest BCUT2D eigenvalue weighted by atomic mass is 9.98. The molecule has 1 aliphatic rings. The lowest BCUT2D eigenvalue weighted by molar-refractivity contribution is -0.767. The van der Waals surface area contributed by atoms with Crippen molar-refractivity contribution >= 4 is 67.2 Å². The van der Waals surface area contributed by atoms with Gasteiger partial charge in [-0.05, 0) is 68.4 Å². The number of H-pyrrole nitrogens is 2. The van der Waals surface area contributed by atoms with E-state index in [-0.39, 0.29) is 17.9 Å². The lowest BCUT2D eigenvalue weighted by Gasteiger charge is -2.32. The molecule has 6 N–H and O–H groups in total. The van der Waals surface area contributed by atoms with E-state index in [4.69, 9.17) is 43.1 Å². The first-order valence-electron chi connectivity index (χ1n) is 34.4. The van der Waals surface area contributed by atoms with Crippen LogP contribution in [0.15, 0.2) is 159 Å². The van der Waals surface area contributed by atoms with Gasteiger partial charge in [0.25, 0.3) is 0 Å². The summed E-state index contributed by atoms with van der Waals surface area (Å²) in [5, 5.41) is 37.4. The standard InChI is InChI=1S/C26H29F3N6O2.C26H26N6O3.C26H31N5O4/c1-16(2)30-8-9-35(18-10-19(36-4)13-20(11-18)37-5)17-6-7-22-23(12-17)32-24(14-31-22)21-15-34(3)33-25(21)26(27,28)29;1-31-15-18(13-29-31)25-14-28-23-6-5-19(11-24(23)30-25)32(8-4-7-26(33)16-27-17-26)20-9-21(34-2)12-22(10-20)35-3;1-17(2)31-14-18(12-28-31)26-13-27-24-7-6-19(10-25(24)29-26)30(15-21(32)16-33-3)20-8-22(34-4)11-23(9-20)35-5/h6-7,10-16,30H,8-9H2,1-5H3;5-6,9-15,27,33H,8,16-17H2,1-3H3;6-14,17,21,32H,15-16H2,1-5H3/p+2/t;;21-/m..0/s1. The van der Waals surface area contributed by atoms with Gasteiger partial charge in [0.2, 0.25) is 12.4 Å². The third-order valence-corrected chi connectivity index (χ3v) is 17.4. The summed E-state index contributed by atoms with van der Waals surface area (Å²) in [5.74, 6) is 10.1. The number of β-amino-alcohol motifs (C(OH)–C–C–N with tert-alkyl or cyclic N) is 1. The van der Waals surface area contributed by atoms with Crippen LogP contribution in [0.4, 0.5) is 47.3 Å². The van der Waals surface area contributed by atoms with E-state index >= 15 is 0 Å². The van der Waals surface area contributed by atoms with Crippen LogP contribution in [0.1, 0.15) is 39.4 Å². The van der Waals surface area contributed by atoms with E-state index in [9.17, 15) is 23.4 Å². The normalized spacial score (nSPS) is 12.7. The summed E-state index contributed by atoms with van der Waals surface area (Å²) >= 11 is 0. The number of benzene rings is 6. The molecule has 107 heavy (non-hydrogen) atoms. The van der Waals surface area contributed by atoms with Gasteiger partial charge in [0.05, 0.1) is 166 Å². The molecule has 6 aromatic carbocycles. The van der Waals surface area contributed by atoms with Crippen molar-refractivity contribution in [1.82, 2.24) is 60.5 Å². The third kappa shape index (κ3) is 18.9. The molecular formula is C78H88F3N17O9+2. The van der Waals surface area contributed by atoms with Crippen molar-refractivity contribution in [1.29, 1.82) is 0 Å². The van der Waals surface area contributed by atoms with Crippen LogP contribution in [0.3, 0.4) is 0 Å². The lowest BCUT2D eigenvalue weighted by Crippen LogP contribution is -2.58. The van der Waals surface area contributed by atoms with Crippen molar-refractivity contribution in [2.75, 3.05) is 110 Å². The van der Waals surface area contributed by atoms with Gasteiger partial charge in [0.1, 0.15) is 40.1 Å². The fraction of sp³-hybridized carbons (Fsp3) is 0.321. The minimum Gasteiger partial charge on any atom is -0.497 e. The molecule has 1 atom stereocenters. The van der Waals surface area contributed by atoms with E-state index in [1.54, 1.807) is 74.3 Å². The molecule has 0 amide bonds. The van der Waals surface area contributed by atoms with E-state index < -0.39 is 23.6 Å². The molecule has 29 heteroatoms. The van der Waals surface area contributed by atoms with Gasteiger partial charge in [-0.15, -0.1) is 9.36 Å². The molecule has 0 bridgehead atoms. The molecule has 13 rings (SSSR count). The second-order valence-electron chi connectivity index (χ2n) is 25.9. The fourth-order valence-corrected chi connectivity index (χ4v) is 11.8. The number of aromatic amines is 2. The van der Waals surface area contributed by atoms with E-state index in [1.165, 1.54) is 19.4 Å². The highest BCUT2D eigenvalue weighted by atomic mass is 19.4. The summed E-state index contributed by atoms with van der Waals surface area (Å²) in [4.78, 5) is 33.9. The molecule has 0 unspecified atom stereocenters. The van der Waals surface area contributed by atoms with Crippen LogP contribution in [0.25, 0.3) is 66.9 Å². The van der Waals surface area contributed by atoms with Crippen LogP contribution in [0.5, 0.6) is 34.5 Å². The SMILES string of the molecule is COC[C@@H](O)CN(c1cc(OC)cc(OC)c1)c1ccc2ncc(-c3c[nH][n+](C(C)C)c3)nc2c1.COc1cc(OC)cc(N(CC#CC2(O)CNC2)c2ccc3ncc(-c4c[nH][n+](C)c4)nc3c2)c1.COc1cc(OC)cc(N(CCNC(C)C)c2ccc3ncc(-c4cn(C)nc4C(F)(F)F)nc3c2)c1. The van der Waals surface area contributed by atoms with Crippen LogP contribution in [0.2, 0.25) is 0 Å². The van der Waals surface area contributed by atoms with Gasteiger partial charge in [-0.1, -0.05) is 25.7 Å². The zero-order chi connectivity index (χ0) is 76.1. The number of ether oxygens (including phenoxy) is 7. The second kappa shape index (κ2) is 34.0. The molecular weight excluding hydrogens is 1380 g/mol. The molecule has 7 heterocycles. The van der Waals surface area contributed by atoms with Crippen molar-refractivity contribution in [3.05, 3.63) is 164 Å². The number of aliphatic hydroxyl groups excluding tert-OH is 1. The molecule has 1 aliphatic heterocycles. The van der Waals surface area contributed by atoms with Crippen LogP contribution in [-0.4, -0.2) is 173 Å². The highest BCUT2D eigenvalue weighted by Crippen LogP contribution is 2.40. The Kier molecular flexibility index (Phi) is 24.3. The monoisotopic (exact) mass is 1460 g/mol. The number of halogens is 3. The summed E-state index contributed by atoms with van der Waals surface area (Å²) < 4.78 is 83.7. The molecule has 6 aromatic heterocycles. The maximum absolute atomic E-state index is 13.6. The average molecular weight is 1460 g/mol. The van der Waals surface area contributed by atoms with E-state index in [0.717, 1.165) is 83.4 Å². The molecule has 12 aromatic rings. The maximum Gasteiger partial charge on any atom is 0.435 e. The van der Waals surface area contributed by atoms with Gasteiger partial charge in [-0.3, -0.25) is 19.6 Å². The number of aromatic nitrogens is 12. The molecule has 1 fully saturated rings. The molecule has 558 valence electrons. The number of rotatable bonds is 25. The molecule has 0 saturated carbocycles. The molecule has 26 nitrogen and oxygen atoms in total. The number of aryl methyl sites for hydroxylation is 2. The minimum absolute atomic E-state index is 0.0983. The Morgan fingerprint density at radius 3 is 1.47 bits per heavy atom. The quantitative estimate of drug-likeness (QED) is 0.0229. The Hall–Kier alpha value is -11.7. The van der Waals surface area contributed by atoms with Crippen molar-refractivity contribution in [3.8, 4) is 80.1 Å². The van der Waals surface area contributed by atoms with E-state index in [2.05, 4.69) is 90.3 Å². The second-order valence-corrected chi connectivity index (χ2v) is 25.9. The largest absolute Gasteiger partial charge is 0.497 e. The number of hydrogen-bond acceptors (Lipinski definition) is 21. The first kappa shape index (κ1) is 76.4. The van der Waals surface area contributed by atoms with Crippen LogP contribution in [0, 0.1) is 11.8 Å². The number of aliphatic hydroxyl groups is 2. The van der Waals surface area contributed by atoms with Gasteiger partial charge in [-0.25, -0.2) is 15.0 Å². The Balaban J connectivity index is 0.000000160. The Morgan fingerprint density at radius 2 is 1.04 bits per heavy atom. The zero-order valence-electron chi connectivity index (χ0n) is 61.9. The summed E-state index contributed by atoms with van der Waals surface area (Å²) in [6.07, 6.45) is 8.68. The molecule has 1 saturated heterocycles. The Bertz CT molecular complexity index is 5050. The topological polar surface area (TPSA) is 273 Å². The maximum atomic E-state index is 13.6. The van der Waals surface area contributed by atoms with Crippen molar-refractivity contribution in [2.24, 2.45) is 14.1 Å². The van der Waals surface area contributed by atoms with Gasteiger partial charge < -0.3 is 68.7 Å². The third-order valence-electron chi connectivity index (χ3n) is 17.4. The fourth-order valence-electron chi connectivity index (χ4n) is 11.8. The van der Waals surface area contributed by atoms with Crippen LogP contribution in [-0.2, 0) is 25.0 Å². The predicted molar refractivity (Wildman–Crippen MR) is 403 cm³/mol. The molecule has 0 spiro atoms. The zero-order valence-corrected chi connectivity index (χ0v) is 61.9. The highest BCUT2D eigenvalue weighted by molar-refractivity contribution is 5.86. The van der Waals surface area contributed by atoms with Crippen LogP contribution >= 0.6 is 0 Å². The van der Waals surface area contributed by atoms with E-state index in [1.807, 2.05) is 148 Å². The predicted octanol–water partition coefficient (Wildman–Crippen LogP) is 10.8. The van der Waals surface area contributed by atoms with Crippen molar-refractivity contribution in [3.63, 3.8) is 0 Å². The van der Waals surface area contributed by atoms with Gasteiger partial charge >= 0.3 is 6.18 Å². The smallest absolute Gasteiger partial charge is 0.435 e. The summed E-state index contributed by atoms with van der Waals surface area (Å²) in [7, 11) is 14.6. The number of fused-ring (bicyclic) bond motifs is 3. The number of hydrogen-bond donors (Lipinski definition) is 6. The van der Waals surface area contributed by atoms with Crippen molar-refractivity contribution < 1.29 is 65.9 Å². The van der Waals surface area contributed by atoms with Gasteiger partial charge in [0.15, 0.2) is 18.8 Å². The summed E-state index contributed by atoms with van der Waals surface area (Å²) in [6.45, 7) is 11.4. The molecule has 0 aliphatic carbocycles. The number of nitrogens with zero attached hydrogens (tertiary/aromatic N) is 13. The van der Waals surface area contributed by atoms with E-state index in [0.29, 0.717) is 96.9 Å². The highest BCUT2D eigenvalue weighted by Gasteiger charge is 2.38. The van der Waals surface area contributed by atoms with Crippen molar-refractivity contribution in [2.45, 2.75) is 57.7 Å². The summed E-state index contributed by atoms with van der Waals surface area (Å²) in [5.41, 5.74) is 10.6. The Morgan fingerprint density at radius 1 is 0.589 bits per heavy atom. The van der Waals surface area contributed by atoms with Gasteiger partial charge in [0, 0.05) is 141 Å². The molecule has 0 radical (unpaired) electrons. The average Bonchev–Trinajstić information content (AvgIpc) is 1.72. The number of nitrogens with one attached hydrogen (secondary N) is 4. The Labute approximate surface area is 617 Å². The number of alkyl halides is 3. The first-order valence-corrected chi connectivity index (χ1v) is 34.4. The minimum atomic E-state index is -4.61. The summed E-state index contributed by atoms with van der Waals surface area (Å²) in [6, 6.07) is 34.8. The first-order chi connectivity index (χ1) is 51.5.